The standard InChI is InChI=1S/C16H25N3/c1-2-3-14-7-15(17)19(18-14)16-8-11-4-12(9-16)6-13(5-11)10-16/h7,11-13H,2-6,8-10,17H2,1H3. The molecule has 0 spiro atoms. The number of aromatic nitrogens is 2. The van der Waals surface area contributed by atoms with Crippen LogP contribution >= 0.6 is 0 Å². The maximum Gasteiger partial charge on any atom is 0.122 e. The van der Waals surface area contributed by atoms with Gasteiger partial charge in [-0.3, -0.25) is 0 Å². The van der Waals surface area contributed by atoms with Gasteiger partial charge in [-0.15, -0.1) is 0 Å². The predicted octanol–water partition coefficient (Wildman–Crippen LogP) is 3.34. The SMILES string of the molecule is CCCc1cc(N)n(C23CC4CC(CC(C4)C2)C3)n1. The van der Waals surface area contributed by atoms with E-state index in [1.807, 2.05) is 0 Å². The van der Waals surface area contributed by atoms with Crippen LogP contribution in [0.4, 0.5) is 5.82 Å². The topological polar surface area (TPSA) is 43.8 Å². The van der Waals surface area contributed by atoms with Crippen molar-refractivity contribution in [3.05, 3.63) is 11.8 Å². The van der Waals surface area contributed by atoms with E-state index in [1.54, 1.807) is 0 Å². The van der Waals surface area contributed by atoms with Gasteiger partial charge in [-0.25, -0.2) is 4.68 Å². The Balaban J connectivity index is 1.71. The fourth-order valence-corrected chi connectivity index (χ4v) is 5.53. The molecule has 4 fully saturated rings. The van der Waals surface area contributed by atoms with Gasteiger partial charge in [0.15, 0.2) is 0 Å². The highest BCUT2D eigenvalue weighted by Crippen LogP contribution is 2.59. The predicted molar refractivity (Wildman–Crippen MR) is 76.8 cm³/mol. The molecule has 4 aliphatic carbocycles. The molecular formula is C16H25N3. The van der Waals surface area contributed by atoms with Crippen molar-refractivity contribution in [2.24, 2.45) is 17.8 Å². The zero-order valence-electron chi connectivity index (χ0n) is 11.9. The highest BCUT2D eigenvalue weighted by Gasteiger charge is 2.52. The smallest absolute Gasteiger partial charge is 0.122 e. The molecule has 0 radical (unpaired) electrons. The van der Waals surface area contributed by atoms with Crippen LogP contribution in [0.15, 0.2) is 6.07 Å². The van der Waals surface area contributed by atoms with Gasteiger partial charge < -0.3 is 5.73 Å². The molecular weight excluding hydrogens is 234 g/mol. The Morgan fingerprint density at radius 3 is 2.32 bits per heavy atom. The first-order valence-corrected chi connectivity index (χ1v) is 8.03. The minimum atomic E-state index is 0.283. The number of anilines is 1. The van der Waals surface area contributed by atoms with Crippen LogP contribution in [-0.4, -0.2) is 9.78 Å². The summed E-state index contributed by atoms with van der Waals surface area (Å²) in [5.74, 6) is 3.75. The van der Waals surface area contributed by atoms with Crippen molar-refractivity contribution < 1.29 is 0 Å². The lowest BCUT2D eigenvalue weighted by Gasteiger charge is -2.56. The Morgan fingerprint density at radius 1 is 1.21 bits per heavy atom. The van der Waals surface area contributed by atoms with Gasteiger partial charge in [0, 0.05) is 6.07 Å². The van der Waals surface area contributed by atoms with Crippen molar-refractivity contribution in [3.8, 4) is 0 Å². The van der Waals surface area contributed by atoms with Crippen molar-refractivity contribution in [2.75, 3.05) is 5.73 Å². The molecule has 1 aromatic rings. The maximum atomic E-state index is 6.29. The Kier molecular flexibility index (Phi) is 2.49. The third-order valence-corrected chi connectivity index (χ3v) is 5.75. The van der Waals surface area contributed by atoms with Crippen LogP contribution in [0, 0.1) is 17.8 Å². The molecule has 3 heteroatoms. The third-order valence-electron chi connectivity index (χ3n) is 5.75. The number of hydrogen-bond acceptors (Lipinski definition) is 2. The molecule has 0 amide bonds. The van der Waals surface area contributed by atoms with Crippen molar-refractivity contribution >= 4 is 5.82 Å². The number of nitrogen functional groups attached to an aromatic ring is 1. The summed E-state index contributed by atoms with van der Waals surface area (Å²) < 4.78 is 2.24. The Labute approximate surface area is 115 Å². The average molecular weight is 259 g/mol. The first kappa shape index (κ1) is 11.8. The molecule has 0 unspecified atom stereocenters. The molecule has 1 heterocycles. The first-order chi connectivity index (χ1) is 9.18. The minimum absolute atomic E-state index is 0.283. The van der Waals surface area contributed by atoms with Gasteiger partial charge in [0.2, 0.25) is 0 Å². The highest BCUT2D eigenvalue weighted by molar-refractivity contribution is 5.33. The lowest BCUT2D eigenvalue weighted by atomic mass is 9.53. The van der Waals surface area contributed by atoms with Crippen LogP contribution in [-0.2, 0) is 12.0 Å². The summed E-state index contributed by atoms with van der Waals surface area (Å²) in [4.78, 5) is 0. The van der Waals surface area contributed by atoms with E-state index in [9.17, 15) is 0 Å². The van der Waals surface area contributed by atoms with E-state index < -0.39 is 0 Å². The largest absolute Gasteiger partial charge is 0.384 e. The maximum absolute atomic E-state index is 6.29. The van der Waals surface area contributed by atoms with Crippen LogP contribution < -0.4 is 5.73 Å². The zero-order chi connectivity index (χ0) is 13.0. The van der Waals surface area contributed by atoms with Gasteiger partial charge >= 0.3 is 0 Å². The molecule has 0 atom stereocenters. The lowest BCUT2D eigenvalue weighted by molar-refractivity contribution is -0.0483. The fourth-order valence-electron chi connectivity index (χ4n) is 5.53. The van der Waals surface area contributed by atoms with E-state index in [-0.39, 0.29) is 5.54 Å². The second-order valence-electron chi connectivity index (χ2n) is 7.36. The molecule has 4 bridgehead atoms. The number of nitrogens with two attached hydrogens (primary N) is 1. The number of hydrogen-bond donors (Lipinski definition) is 1. The summed E-state index contributed by atoms with van der Waals surface area (Å²) in [5.41, 5.74) is 7.77. The normalized spacial score (nSPS) is 39.9. The van der Waals surface area contributed by atoms with Crippen molar-refractivity contribution in [3.63, 3.8) is 0 Å². The minimum Gasteiger partial charge on any atom is -0.384 e. The average Bonchev–Trinajstić information content (AvgIpc) is 2.70. The second kappa shape index (κ2) is 4.00. The van der Waals surface area contributed by atoms with E-state index in [0.717, 1.165) is 36.4 Å². The van der Waals surface area contributed by atoms with Gasteiger partial charge in [0.25, 0.3) is 0 Å². The summed E-state index contributed by atoms with van der Waals surface area (Å²) in [5, 5.41) is 4.88. The summed E-state index contributed by atoms with van der Waals surface area (Å²) in [6.45, 7) is 2.21. The van der Waals surface area contributed by atoms with Gasteiger partial charge in [0.05, 0.1) is 11.2 Å². The van der Waals surface area contributed by atoms with Crippen LogP contribution in [0.2, 0.25) is 0 Å². The molecule has 3 nitrogen and oxygen atoms in total. The zero-order valence-corrected chi connectivity index (χ0v) is 11.9. The molecule has 5 rings (SSSR count). The van der Waals surface area contributed by atoms with E-state index >= 15 is 0 Å². The van der Waals surface area contributed by atoms with E-state index in [0.29, 0.717) is 0 Å². The third kappa shape index (κ3) is 1.73. The Bertz CT molecular complexity index is 453. The Morgan fingerprint density at radius 2 is 1.79 bits per heavy atom. The molecule has 104 valence electrons. The van der Waals surface area contributed by atoms with E-state index in [4.69, 9.17) is 10.8 Å². The van der Waals surface area contributed by atoms with Crippen molar-refractivity contribution in [1.29, 1.82) is 0 Å². The second-order valence-corrected chi connectivity index (χ2v) is 7.36. The van der Waals surface area contributed by atoms with Crippen LogP contribution in [0.5, 0.6) is 0 Å². The molecule has 0 aromatic carbocycles. The van der Waals surface area contributed by atoms with Crippen LogP contribution in [0.25, 0.3) is 0 Å². The van der Waals surface area contributed by atoms with Crippen LogP contribution in [0.3, 0.4) is 0 Å². The van der Waals surface area contributed by atoms with Gasteiger partial charge in [0.1, 0.15) is 5.82 Å². The number of rotatable bonds is 3. The monoisotopic (exact) mass is 259 g/mol. The van der Waals surface area contributed by atoms with Gasteiger partial charge in [-0.05, 0) is 62.7 Å². The molecule has 19 heavy (non-hydrogen) atoms. The summed E-state index contributed by atoms with van der Waals surface area (Å²) in [6, 6.07) is 2.11. The van der Waals surface area contributed by atoms with E-state index in [2.05, 4.69) is 17.7 Å². The van der Waals surface area contributed by atoms with Crippen LogP contribution in [0.1, 0.15) is 57.6 Å². The Hall–Kier alpha value is -0.990. The van der Waals surface area contributed by atoms with Crippen molar-refractivity contribution in [2.45, 2.75) is 63.8 Å². The highest BCUT2D eigenvalue weighted by atomic mass is 15.4. The molecule has 0 aliphatic heterocycles. The summed E-state index contributed by atoms with van der Waals surface area (Å²) >= 11 is 0. The van der Waals surface area contributed by atoms with E-state index in [1.165, 1.54) is 44.2 Å². The van der Waals surface area contributed by atoms with Gasteiger partial charge in [-0.1, -0.05) is 13.3 Å². The molecule has 4 aliphatic rings. The number of nitrogens with zero attached hydrogens (tertiary/aromatic N) is 2. The fraction of sp³-hybridized carbons (Fsp3) is 0.812. The first-order valence-electron chi connectivity index (χ1n) is 8.03. The summed E-state index contributed by atoms with van der Waals surface area (Å²) in [7, 11) is 0. The quantitative estimate of drug-likeness (QED) is 0.904. The molecule has 2 N–H and O–H groups in total. The summed E-state index contributed by atoms with van der Waals surface area (Å²) in [6.07, 6.45) is 10.6. The lowest BCUT2D eigenvalue weighted by Crippen LogP contribution is -2.52. The number of aryl methyl sites for hydroxylation is 1. The van der Waals surface area contributed by atoms with Gasteiger partial charge in [-0.2, -0.15) is 5.10 Å². The van der Waals surface area contributed by atoms with Crippen molar-refractivity contribution in [1.82, 2.24) is 9.78 Å². The molecule has 0 saturated heterocycles. The molecule has 1 aromatic heterocycles. The molecule has 4 saturated carbocycles.